The summed E-state index contributed by atoms with van der Waals surface area (Å²) in [4.78, 5) is 22.5. The van der Waals surface area contributed by atoms with Crippen molar-refractivity contribution in [3.63, 3.8) is 0 Å². The lowest BCUT2D eigenvalue weighted by molar-refractivity contribution is -0.120. The number of ether oxygens (including phenoxy) is 1. The molecule has 0 aromatic heterocycles. The molecule has 1 aromatic carbocycles. The van der Waals surface area contributed by atoms with Gasteiger partial charge in [0, 0.05) is 11.3 Å². The Morgan fingerprint density at radius 1 is 1.32 bits per heavy atom. The molecule has 1 fully saturated rings. The van der Waals surface area contributed by atoms with Gasteiger partial charge in [0.1, 0.15) is 11.8 Å². The predicted molar refractivity (Wildman–Crippen MR) is 84.9 cm³/mol. The lowest BCUT2D eigenvalue weighted by Gasteiger charge is -2.20. The molecule has 3 amide bonds. The van der Waals surface area contributed by atoms with Crippen molar-refractivity contribution in [1.29, 1.82) is 0 Å². The van der Waals surface area contributed by atoms with Crippen molar-refractivity contribution in [2.45, 2.75) is 51.7 Å². The van der Waals surface area contributed by atoms with Gasteiger partial charge in [0.15, 0.2) is 0 Å². The van der Waals surface area contributed by atoms with Crippen LogP contribution in [0.5, 0.6) is 5.75 Å². The summed E-state index contributed by atoms with van der Waals surface area (Å²) >= 11 is 0. The molecule has 0 saturated heterocycles. The second-order valence-corrected chi connectivity index (χ2v) is 5.67. The second-order valence-electron chi connectivity index (χ2n) is 5.67. The molecule has 0 spiro atoms. The van der Waals surface area contributed by atoms with Crippen LogP contribution in [-0.2, 0) is 4.79 Å². The minimum Gasteiger partial charge on any atom is -0.490 e. The van der Waals surface area contributed by atoms with E-state index in [-0.39, 0.29) is 6.10 Å². The summed E-state index contributed by atoms with van der Waals surface area (Å²) in [6, 6.07) is 4.28. The Morgan fingerprint density at radius 3 is 2.64 bits per heavy atom. The number of carbonyl (C=O) groups excluding carboxylic acids is 2. The van der Waals surface area contributed by atoms with Crippen LogP contribution in [0, 0.1) is 6.92 Å². The Morgan fingerprint density at radius 2 is 2.00 bits per heavy atom. The minimum atomic E-state index is -0.853. The first-order chi connectivity index (χ1) is 10.5. The standard InChI is InChI=1S/C16H23N3O3/c1-10-13(18-11(2)15(20)19-16(17)21)8-5-9-14(10)22-12-6-3-4-7-12/h5,8-9,11-12,18H,3-4,6-7H2,1-2H3,(H3,17,19,20,21)/t11-/m1/s1. The molecule has 6 nitrogen and oxygen atoms in total. The summed E-state index contributed by atoms with van der Waals surface area (Å²) in [5.41, 5.74) is 6.71. The number of hydrogen-bond donors (Lipinski definition) is 3. The highest BCUT2D eigenvalue weighted by molar-refractivity contribution is 5.97. The minimum absolute atomic E-state index is 0.282. The zero-order valence-corrected chi connectivity index (χ0v) is 13.0. The molecule has 4 N–H and O–H groups in total. The van der Waals surface area contributed by atoms with E-state index >= 15 is 0 Å². The van der Waals surface area contributed by atoms with Crippen molar-refractivity contribution in [3.8, 4) is 5.75 Å². The molecule has 1 atom stereocenters. The SMILES string of the molecule is Cc1c(N[C@H](C)C(=O)NC(N)=O)cccc1OC1CCCC1. The van der Waals surface area contributed by atoms with Gasteiger partial charge in [-0.2, -0.15) is 0 Å². The Hall–Kier alpha value is -2.24. The zero-order valence-electron chi connectivity index (χ0n) is 13.0. The first-order valence-electron chi connectivity index (χ1n) is 7.60. The van der Waals surface area contributed by atoms with Crippen molar-refractivity contribution < 1.29 is 14.3 Å². The monoisotopic (exact) mass is 305 g/mol. The molecule has 6 heteroatoms. The normalized spacial score (nSPS) is 16.1. The van der Waals surface area contributed by atoms with Crippen LogP contribution >= 0.6 is 0 Å². The number of nitrogens with one attached hydrogen (secondary N) is 2. The molecule has 22 heavy (non-hydrogen) atoms. The van der Waals surface area contributed by atoms with E-state index in [1.807, 2.05) is 25.1 Å². The summed E-state index contributed by atoms with van der Waals surface area (Å²) < 4.78 is 6.04. The van der Waals surface area contributed by atoms with Crippen LogP contribution in [0.15, 0.2) is 18.2 Å². The fourth-order valence-corrected chi connectivity index (χ4v) is 2.61. The molecule has 1 aromatic rings. The van der Waals surface area contributed by atoms with Gasteiger partial charge in [-0.25, -0.2) is 4.79 Å². The number of hydrogen-bond acceptors (Lipinski definition) is 4. The van der Waals surface area contributed by atoms with E-state index in [2.05, 4.69) is 10.6 Å². The van der Waals surface area contributed by atoms with Crippen molar-refractivity contribution >= 4 is 17.6 Å². The predicted octanol–water partition coefficient (Wildman–Crippen LogP) is 2.31. The second kappa shape index (κ2) is 7.15. The Balaban J connectivity index is 2.04. The average molecular weight is 305 g/mol. The van der Waals surface area contributed by atoms with Crippen LogP contribution in [0.1, 0.15) is 38.2 Å². The largest absolute Gasteiger partial charge is 0.490 e. The molecule has 1 saturated carbocycles. The van der Waals surface area contributed by atoms with Crippen molar-refractivity contribution in [2.24, 2.45) is 5.73 Å². The van der Waals surface area contributed by atoms with E-state index in [0.717, 1.165) is 29.8 Å². The van der Waals surface area contributed by atoms with E-state index in [1.54, 1.807) is 6.92 Å². The Bertz CT molecular complexity index is 554. The Labute approximate surface area is 130 Å². The van der Waals surface area contributed by atoms with Gasteiger partial charge in [-0.3, -0.25) is 10.1 Å². The molecule has 0 bridgehead atoms. The number of anilines is 1. The van der Waals surface area contributed by atoms with E-state index in [9.17, 15) is 9.59 Å². The molecule has 0 unspecified atom stereocenters. The fraction of sp³-hybridized carbons (Fsp3) is 0.500. The fourth-order valence-electron chi connectivity index (χ4n) is 2.61. The van der Waals surface area contributed by atoms with Gasteiger partial charge in [-0.15, -0.1) is 0 Å². The Kier molecular flexibility index (Phi) is 5.25. The van der Waals surface area contributed by atoms with Gasteiger partial charge in [-0.05, 0) is 51.7 Å². The average Bonchev–Trinajstić information content (AvgIpc) is 2.95. The number of benzene rings is 1. The molecule has 0 radical (unpaired) electrons. The van der Waals surface area contributed by atoms with Crippen LogP contribution in [0.3, 0.4) is 0 Å². The number of primary amides is 1. The van der Waals surface area contributed by atoms with Crippen LogP contribution in [-0.4, -0.2) is 24.1 Å². The van der Waals surface area contributed by atoms with Gasteiger partial charge < -0.3 is 15.8 Å². The van der Waals surface area contributed by atoms with Gasteiger partial charge in [0.05, 0.1) is 6.10 Å². The first kappa shape index (κ1) is 16.1. The summed E-state index contributed by atoms with van der Waals surface area (Å²) in [6.07, 6.45) is 4.89. The number of urea groups is 1. The van der Waals surface area contributed by atoms with E-state index in [4.69, 9.17) is 10.5 Å². The molecule has 120 valence electrons. The zero-order chi connectivity index (χ0) is 16.1. The quantitative estimate of drug-likeness (QED) is 0.778. The smallest absolute Gasteiger partial charge is 0.318 e. The number of rotatable bonds is 5. The van der Waals surface area contributed by atoms with Crippen LogP contribution in [0.2, 0.25) is 0 Å². The van der Waals surface area contributed by atoms with Crippen LogP contribution in [0.25, 0.3) is 0 Å². The van der Waals surface area contributed by atoms with Crippen LogP contribution in [0.4, 0.5) is 10.5 Å². The third-order valence-electron chi connectivity index (χ3n) is 3.89. The summed E-state index contributed by atoms with van der Waals surface area (Å²) in [5, 5.41) is 5.14. The molecule has 1 aliphatic rings. The topological polar surface area (TPSA) is 93.5 Å². The third-order valence-corrected chi connectivity index (χ3v) is 3.89. The third kappa shape index (κ3) is 4.13. The van der Waals surface area contributed by atoms with Crippen molar-refractivity contribution in [1.82, 2.24) is 5.32 Å². The highest BCUT2D eigenvalue weighted by Gasteiger charge is 2.19. The summed E-state index contributed by atoms with van der Waals surface area (Å²) in [5.74, 6) is 0.369. The highest BCUT2D eigenvalue weighted by Crippen LogP contribution is 2.30. The molecule has 1 aliphatic carbocycles. The summed E-state index contributed by atoms with van der Waals surface area (Å²) in [6.45, 7) is 3.62. The lowest BCUT2D eigenvalue weighted by atomic mass is 10.1. The number of nitrogens with two attached hydrogens (primary N) is 1. The van der Waals surface area contributed by atoms with E-state index < -0.39 is 18.0 Å². The maximum absolute atomic E-state index is 11.7. The molecule has 0 aliphatic heterocycles. The van der Waals surface area contributed by atoms with Gasteiger partial charge in [0.25, 0.3) is 0 Å². The van der Waals surface area contributed by atoms with Crippen molar-refractivity contribution in [2.75, 3.05) is 5.32 Å². The van der Waals surface area contributed by atoms with E-state index in [1.165, 1.54) is 12.8 Å². The maximum Gasteiger partial charge on any atom is 0.318 e. The molecular weight excluding hydrogens is 282 g/mol. The highest BCUT2D eigenvalue weighted by atomic mass is 16.5. The number of carbonyl (C=O) groups is 2. The van der Waals surface area contributed by atoms with Crippen LogP contribution < -0.4 is 21.1 Å². The lowest BCUT2D eigenvalue weighted by Crippen LogP contribution is -2.43. The number of amides is 3. The van der Waals surface area contributed by atoms with Gasteiger partial charge in [-0.1, -0.05) is 6.07 Å². The summed E-state index contributed by atoms with van der Waals surface area (Å²) in [7, 11) is 0. The molecule has 2 rings (SSSR count). The van der Waals surface area contributed by atoms with Crippen molar-refractivity contribution in [3.05, 3.63) is 23.8 Å². The van der Waals surface area contributed by atoms with Gasteiger partial charge >= 0.3 is 6.03 Å². The molecule has 0 heterocycles. The van der Waals surface area contributed by atoms with E-state index in [0.29, 0.717) is 0 Å². The first-order valence-corrected chi connectivity index (χ1v) is 7.60. The molecular formula is C16H23N3O3. The maximum atomic E-state index is 11.7. The number of imide groups is 1. The van der Waals surface area contributed by atoms with Gasteiger partial charge in [0.2, 0.25) is 5.91 Å².